The SMILES string of the molecule is Cn1c(=O)c2[nH]c(-c3ccc(N)c(C(=O)c4ccccc4F)c3)nc2n(C)c1=O. The van der Waals surface area contributed by atoms with Gasteiger partial charge in [-0.2, -0.15) is 0 Å². The van der Waals surface area contributed by atoms with Gasteiger partial charge < -0.3 is 10.7 Å². The molecule has 0 saturated carbocycles. The van der Waals surface area contributed by atoms with Crippen molar-refractivity contribution in [3.8, 4) is 11.4 Å². The van der Waals surface area contributed by atoms with Crippen LogP contribution in [0, 0.1) is 5.82 Å². The summed E-state index contributed by atoms with van der Waals surface area (Å²) in [5.74, 6) is -0.938. The quantitative estimate of drug-likeness (QED) is 0.405. The van der Waals surface area contributed by atoms with E-state index in [2.05, 4.69) is 9.97 Å². The Hall–Kier alpha value is -4.01. The van der Waals surface area contributed by atoms with Crippen LogP contribution in [0.15, 0.2) is 52.1 Å². The molecule has 2 heterocycles. The Kier molecular flexibility index (Phi) is 4.15. The highest BCUT2D eigenvalue weighted by molar-refractivity contribution is 6.12. The smallest absolute Gasteiger partial charge is 0.332 e. The predicted molar refractivity (Wildman–Crippen MR) is 106 cm³/mol. The minimum Gasteiger partial charge on any atom is -0.398 e. The summed E-state index contributed by atoms with van der Waals surface area (Å²) in [6.45, 7) is 0. The lowest BCUT2D eigenvalue weighted by Gasteiger charge is -2.08. The summed E-state index contributed by atoms with van der Waals surface area (Å²) in [6, 6.07) is 10.2. The summed E-state index contributed by atoms with van der Waals surface area (Å²) >= 11 is 0. The van der Waals surface area contributed by atoms with Crippen LogP contribution in [-0.2, 0) is 14.1 Å². The number of nitrogen functional groups attached to an aromatic ring is 1. The molecule has 3 N–H and O–H groups in total. The molecule has 0 aliphatic heterocycles. The zero-order valence-corrected chi connectivity index (χ0v) is 15.6. The molecule has 0 radical (unpaired) electrons. The van der Waals surface area contributed by atoms with Crippen LogP contribution >= 0.6 is 0 Å². The Morgan fingerprint density at radius 1 is 1.07 bits per heavy atom. The van der Waals surface area contributed by atoms with E-state index in [1.165, 1.54) is 49.0 Å². The van der Waals surface area contributed by atoms with E-state index in [-0.39, 0.29) is 33.8 Å². The van der Waals surface area contributed by atoms with Crippen molar-refractivity contribution in [2.75, 3.05) is 5.73 Å². The maximum atomic E-state index is 14.0. The van der Waals surface area contributed by atoms with E-state index >= 15 is 0 Å². The lowest BCUT2D eigenvalue weighted by molar-refractivity contribution is 0.103. The van der Waals surface area contributed by atoms with E-state index in [4.69, 9.17) is 5.73 Å². The number of carbonyl (C=O) groups excluding carboxylic acids is 1. The fourth-order valence-corrected chi connectivity index (χ4v) is 3.15. The second-order valence-electron chi connectivity index (χ2n) is 6.60. The lowest BCUT2D eigenvalue weighted by Crippen LogP contribution is -2.36. The van der Waals surface area contributed by atoms with Crippen LogP contribution in [0.5, 0.6) is 0 Å². The number of H-pyrrole nitrogens is 1. The van der Waals surface area contributed by atoms with Gasteiger partial charge in [-0.25, -0.2) is 14.2 Å². The molecule has 0 aliphatic carbocycles. The second-order valence-corrected chi connectivity index (χ2v) is 6.60. The molecule has 4 rings (SSSR count). The fourth-order valence-electron chi connectivity index (χ4n) is 3.15. The van der Waals surface area contributed by atoms with Gasteiger partial charge >= 0.3 is 5.69 Å². The Bertz CT molecular complexity index is 1410. The zero-order valence-electron chi connectivity index (χ0n) is 15.6. The van der Waals surface area contributed by atoms with Crippen molar-refractivity contribution in [1.29, 1.82) is 0 Å². The summed E-state index contributed by atoms with van der Waals surface area (Å²) < 4.78 is 16.3. The lowest BCUT2D eigenvalue weighted by atomic mass is 9.99. The Balaban J connectivity index is 1.89. The molecule has 0 unspecified atom stereocenters. The first-order chi connectivity index (χ1) is 13.8. The molecule has 9 heteroatoms. The van der Waals surface area contributed by atoms with Gasteiger partial charge in [0.1, 0.15) is 17.2 Å². The molecule has 4 aromatic rings. The third-order valence-electron chi connectivity index (χ3n) is 4.78. The number of ketones is 1. The number of fused-ring (bicyclic) bond motifs is 1. The van der Waals surface area contributed by atoms with Crippen LogP contribution in [0.3, 0.4) is 0 Å². The van der Waals surface area contributed by atoms with Gasteiger partial charge in [0.2, 0.25) is 0 Å². The van der Waals surface area contributed by atoms with Crippen LogP contribution in [-0.4, -0.2) is 24.9 Å². The minimum absolute atomic E-state index is 0.0998. The number of benzene rings is 2. The first-order valence-corrected chi connectivity index (χ1v) is 8.64. The first kappa shape index (κ1) is 18.4. The number of nitrogens with zero attached hydrogens (tertiary/aromatic N) is 3. The van der Waals surface area contributed by atoms with E-state index < -0.39 is 22.8 Å². The molecule has 29 heavy (non-hydrogen) atoms. The predicted octanol–water partition coefficient (Wildman–Crippen LogP) is 1.58. The Morgan fingerprint density at radius 3 is 2.52 bits per heavy atom. The number of aromatic nitrogens is 4. The first-order valence-electron chi connectivity index (χ1n) is 8.64. The topological polar surface area (TPSA) is 116 Å². The van der Waals surface area contributed by atoms with Crippen molar-refractivity contribution in [2.45, 2.75) is 0 Å². The number of imidazole rings is 1. The normalized spacial score (nSPS) is 11.1. The van der Waals surface area contributed by atoms with Crippen molar-refractivity contribution >= 4 is 22.6 Å². The number of hydrogen-bond acceptors (Lipinski definition) is 5. The van der Waals surface area contributed by atoms with Crippen molar-refractivity contribution in [1.82, 2.24) is 19.1 Å². The summed E-state index contributed by atoms with van der Waals surface area (Å²) in [5.41, 5.74) is 5.92. The number of aromatic amines is 1. The van der Waals surface area contributed by atoms with Crippen LogP contribution in [0.1, 0.15) is 15.9 Å². The highest BCUT2D eigenvalue weighted by Crippen LogP contribution is 2.25. The van der Waals surface area contributed by atoms with Crippen molar-refractivity contribution in [2.24, 2.45) is 14.1 Å². The van der Waals surface area contributed by atoms with Crippen molar-refractivity contribution in [3.05, 3.63) is 80.2 Å². The number of carbonyl (C=O) groups is 1. The molecule has 2 aromatic heterocycles. The number of hydrogen-bond donors (Lipinski definition) is 2. The fraction of sp³-hybridized carbons (Fsp3) is 0.100. The number of nitrogens with two attached hydrogens (primary N) is 1. The molecule has 0 atom stereocenters. The van der Waals surface area contributed by atoms with Gasteiger partial charge in [0.25, 0.3) is 5.56 Å². The maximum absolute atomic E-state index is 14.0. The Morgan fingerprint density at radius 2 is 1.79 bits per heavy atom. The minimum atomic E-state index is -0.649. The zero-order chi connectivity index (χ0) is 20.9. The number of anilines is 1. The molecular weight excluding hydrogens is 377 g/mol. The largest absolute Gasteiger partial charge is 0.398 e. The van der Waals surface area contributed by atoms with Gasteiger partial charge in [0, 0.05) is 30.9 Å². The average molecular weight is 393 g/mol. The molecule has 8 nitrogen and oxygen atoms in total. The van der Waals surface area contributed by atoms with Gasteiger partial charge in [-0.15, -0.1) is 0 Å². The number of nitrogens with one attached hydrogen (secondary N) is 1. The van der Waals surface area contributed by atoms with Crippen LogP contribution in [0.4, 0.5) is 10.1 Å². The summed E-state index contributed by atoms with van der Waals surface area (Å²) in [7, 11) is 2.88. The maximum Gasteiger partial charge on any atom is 0.332 e. The van der Waals surface area contributed by atoms with Gasteiger partial charge in [-0.3, -0.25) is 18.7 Å². The van der Waals surface area contributed by atoms with E-state index in [1.54, 1.807) is 12.1 Å². The molecular formula is C20H16FN5O3. The van der Waals surface area contributed by atoms with Gasteiger partial charge in [0.05, 0.1) is 5.56 Å². The molecule has 0 saturated heterocycles. The number of halogens is 1. The van der Waals surface area contributed by atoms with Gasteiger partial charge in [0.15, 0.2) is 11.4 Å². The highest BCUT2D eigenvalue weighted by Gasteiger charge is 2.19. The third kappa shape index (κ3) is 2.83. The van der Waals surface area contributed by atoms with E-state index in [1.807, 2.05) is 0 Å². The second kappa shape index (κ2) is 6.55. The molecule has 146 valence electrons. The van der Waals surface area contributed by atoms with Crippen LogP contribution in [0.25, 0.3) is 22.6 Å². The standard InChI is InChI=1S/C20H16FN5O3/c1-25-18-15(19(28)26(2)20(25)29)23-17(24-18)10-7-8-14(22)12(9-10)16(27)11-5-3-4-6-13(11)21/h3-9H,22H2,1-2H3,(H,23,24). The van der Waals surface area contributed by atoms with Crippen molar-refractivity contribution in [3.63, 3.8) is 0 Å². The number of rotatable bonds is 3. The monoisotopic (exact) mass is 393 g/mol. The van der Waals surface area contributed by atoms with E-state index in [9.17, 15) is 18.8 Å². The van der Waals surface area contributed by atoms with Crippen LogP contribution in [0.2, 0.25) is 0 Å². The molecule has 2 aromatic carbocycles. The molecule has 0 spiro atoms. The van der Waals surface area contributed by atoms with Gasteiger partial charge in [-0.1, -0.05) is 12.1 Å². The average Bonchev–Trinajstić information content (AvgIpc) is 3.16. The third-order valence-corrected chi connectivity index (χ3v) is 4.78. The van der Waals surface area contributed by atoms with Crippen molar-refractivity contribution < 1.29 is 9.18 Å². The Labute approximate surface area is 163 Å². The summed E-state index contributed by atoms with van der Waals surface area (Å²) in [5, 5.41) is 0. The molecule has 0 bridgehead atoms. The van der Waals surface area contributed by atoms with E-state index in [0.29, 0.717) is 5.56 Å². The van der Waals surface area contributed by atoms with Crippen LogP contribution < -0.4 is 17.0 Å². The molecule has 0 amide bonds. The summed E-state index contributed by atoms with van der Waals surface area (Å²) in [6.07, 6.45) is 0. The molecule has 0 aliphatic rings. The molecule has 0 fully saturated rings. The van der Waals surface area contributed by atoms with Gasteiger partial charge in [-0.05, 0) is 30.3 Å². The highest BCUT2D eigenvalue weighted by atomic mass is 19.1. The van der Waals surface area contributed by atoms with E-state index in [0.717, 1.165) is 4.57 Å². The number of aryl methyl sites for hydroxylation is 1. The summed E-state index contributed by atoms with van der Waals surface area (Å²) in [4.78, 5) is 44.5.